The van der Waals surface area contributed by atoms with E-state index in [4.69, 9.17) is 11.5 Å². The zero-order chi connectivity index (χ0) is 19.1. The monoisotopic (exact) mass is 371 g/mol. The van der Waals surface area contributed by atoms with Crippen molar-refractivity contribution in [3.8, 4) is 0 Å². The van der Waals surface area contributed by atoms with Crippen LogP contribution in [-0.4, -0.2) is 58.7 Å². The number of hydrogen-bond donors (Lipinski definition) is 3. The van der Waals surface area contributed by atoms with E-state index in [1.165, 1.54) is 0 Å². The van der Waals surface area contributed by atoms with Crippen molar-refractivity contribution in [1.82, 2.24) is 15.1 Å². The lowest BCUT2D eigenvalue weighted by Crippen LogP contribution is -2.52. The van der Waals surface area contributed by atoms with Gasteiger partial charge in [0.15, 0.2) is 0 Å². The number of nitrogens with zero attached hydrogens (tertiary/aromatic N) is 2. The van der Waals surface area contributed by atoms with E-state index in [1.54, 1.807) is 4.90 Å². The smallest absolute Gasteiger partial charge is 0.255 e. The molecule has 3 heterocycles. The zero-order valence-corrected chi connectivity index (χ0v) is 15.2. The third kappa shape index (κ3) is 3.60. The number of fused-ring (bicyclic) bond motifs is 1. The summed E-state index contributed by atoms with van der Waals surface area (Å²) in [6, 6.07) is 5.46. The number of hydrogen-bond acceptors (Lipinski definition) is 6. The van der Waals surface area contributed by atoms with E-state index in [1.807, 2.05) is 18.2 Å². The lowest BCUT2D eigenvalue weighted by molar-refractivity contribution is -0.136. The first kappa shape index (κ1) is 18.1. The Morgan fingerprint density at radius 3 is 2.56 bits per heavy atom. The van der Waals surface area contributed by atoms with Gasteiger partial charge in [0.25, 0.3) is 5.91 Å². The van der Waals surface area contributed by atoms with Gasteiger partial charge in [0, 0.05) is 50.2 Å². The Balaban J connectivity index is 1.48. The number of nitrogens with one attached hydrogen (secondary N) is 1. The van der Waals surface area contributed by atoms with Gasteiger partial charge in [-0.2, -0.15) is 0 Å². The number of likely N-dealkylation sites (tertiary alicyclic amines) is 1. The molecule has 3 amide bonds. The standard InChI is InChI=1S/C19H25N5O3/c20-13-6-14(21)10-23(9-13)7-11-1-2-12-8-24(19(27)15(12)5-11)16-3-4-17(25)22-18(16)26/h1-2,5,13-14,16H,3-4,6-10,20-21H2,(H,22,25,26)/t13-,14-,16?/m0/s1. The minimum absolute atomic E-state index is 0.0767. The predicted octanol–water partition coefficient (Wildman–Crippen LogP) is -0.692. The Hall–Kier alpha value is -2.29. The topological polar surface area (TPSA) is 122 Å². The molecule has 2 fully saturated rings. The Kier molecular flexibility index (Phi) is 4.71. The molecule has 8 nitrogen and oxygen atoms in total. The van der Waals surface area contributed by atoms with Crippen LogP contribution >= 0.6 is 0 Å². The van der Waals surface area contributed by atoms with Crippen LogP contribution in [0.3, 0.4) is 0 Å². The number of amides is 3. The van der Waals surface area contributed by atoms with E-state index in [0.29, 0.717) is 25.1 Å². The maximum atomic E-state index is 12.9. The fourth-order valence-electron chi connectivity index (χ4n) is 4.36. The quantitative estimate of drug-likeness (QED) is 0.605. The van der Waals surface area contributed by atoms with Gasteiger partial charge in [0.2, 0.25) is 11.8 Å². The van der Waals surface area contributed by atoms with Crippen LogP contribution in [0.15, 0.2) is 18.2 Å². The minimum atomic E-state index is -0.579. The van der Waals surface area contributed by atoms with Crippen LogP contribution in [0.2, 0.25) is 0 Å². The Morgan fingerprint density at radius 2 is 1.85 bits per heavy atom. The molecule has 0 aromatic heterocycles. The third-order valence-corrected chi connectivity index (χ3v) is 5.59. The van der Waals surface area contributed by atoms with Crippen LogP contribution in [0.25, 0.3) is 0 Å². The van der Waals surface area contributed by atoms with Crippen molar-refractivity contribution in [1.29, 1.82) is 0 Å². The summed E-state index contributed by atoms with van der Waals surface area (Å²) < 4.78 is 0. The maximum absolute atomic E-state index is 12.9. The molecule has 3 aliphatic heterocycles. The lowest BCUT2D eigenvalue weighted by atomic mass is 10.0. The summed E-state index contributed by atoms with van der Waals surface area (Å²) in [4.78, 5) is 40.2. The van der Waals surface area contributed by atoms with Crippen molar-refractivity contribution >= 4 is 17.7 Å². The van der Waals surface area contributed by atoms with E-state index in [0.717, 1.165) is 30.6 Å². The summed E-state index contributed by atoms with van der Waals surface area (Å²) in [6.45, 7) is 2.68. The molecular formula is C19H25N5O3. The van der Waals surface area contributed by atoms with E-state index in [2.05, 4.69) is 10.2 Å². The van der Waals surface area contributed by atoms with Gasteiger partial charge in [0.05, 0.1) is 0 Å². The summed E-state index contributed by atoms with van der Waals surface area (Å²) in [5.74, 6) is -0.807. The second-order valence-electron chi connectivity index (χ2n) is 7.84. The van der Waals surface area contributed by atoms with Crippen LogP contribution in [0.1, 0.15) is 40.7 Å². The van der Waals surface area contributed by atoms with Gasteiger partial charge in [0.1, 0.15) is 6.04 Å². The zero-order valence-electron chi connectivity index (χ0n) is 15.2. The number of carbonyl (C=O) groups is 3. The molecule has 3 atom stereocenters. The highest BCUT2D eigenvalue weighted by Crippen LogP contribution is 2.28. The van der Waals surface area contributed by atoms with Crippen molar-refractivity contribution in [2.45, 2.75) is 50.5 Å². The largest absolute Gasteiger partial charge is 0.326 e. The van der Waals surface area contributed by atoms with Gasteiger partial charge < -0.3 is 16.4 Å². The Labute approximate surface area is 157 Å². The average Bonchev–Trinajstić information content (AvgIpc) is 2.90. The van der Waals surface area contributed by atoms with Crippen LogP contribution in [0, 0.1) is 0 Å². The first-order valence-corrected chi connectivity index (χ1v) is 9.40. The van der Waals surface area contributed by atoms with Crippen molar-refractivity contribution in [3.63, 3.8) is 0 Å². The van der Waals surface area contributed by atoms with Crippen molar-refractivity contribution < 1.29 is 14.4 Å². The maximum Gasteiger partial charge on any atom is 0.255 e. The van der Waals surface area contributed by atoms with Crippen molar-refractivity contribution in [2.24, 2.45) is 11.5 Å². The lowest BCUT2D eigenvalue weighted by Gasteiger charge is -2.34. The number of imide groups is 1. The molecule has 2 saturated heterocycles. The summed E-state index contributed by atoms with van der Waals surface area (Å²) in [5, 5.41) is 2.33. The molecule has 0 saturated carbocycles. The number of benzene rings is 1. The highest BCUT2D eigenvalue weighted by molar-refractivity contribution is 6.05. The SMILES string of the molecule is N[C@H]1C[C@H](N)CN(Cc2ccc3c(c2)C(=O)N(C2CCC(=O)NC2=O)C3)C1. The highest BCUT2D eigenvalue weighted by atomic mass is 16.2. The Bertz CT molecular complexity index is 786. The van der Waals surface area contributed by atoms with Gasteiger partial charge in [-0.15, -0.1) is 0 Å². The molecule has 1 aromatic rings. The molecule has 0 aliphatic carbocycles. The molecule has 5 N–H and O–H groups in total. The molecule has 8 heteroatoms. The summed E-state index contributed by atoms with van der Waals surface area (Å²) in [6.07, 6.45) is 1.47. The van der Waals surface area contributed by atoms with E-state index >= 15 is 0 Å². The second kappa shape index (κ2) is 7.03. The first-order valence-electron chi connectivity index (χ1n) is 9.40. The van der Waals surface area contributed by atoms with Gasteiger partial charge in [-0.3, -0.25) is 24.6 Å². The average molecular weight is 371 g/mol. The molecule has 4 rings (SSSR count). The molecular weight excluding hydrogens is 346 g/mol. The number of rotatable bonds is 3. The van der Waals surface area contributed by atoms with E-state index in [-0.39, 0.29) is 36.2 Å². The third-order valence-electron chi connectivity index (χ3n) is 5.59. The van der Waals surface area contributed by atoms with Crippen LogP contribution in [-0.2, 0) is 22.7 Å². The number of piperidine rings is 2. The summed E-state index contributed by atoms with van der Waals surface area (Å²) in [7, 11) is 0. The fourth-order valence-corrected chi connectivity index (χ4v) is 4.36. The molecule has 0 radical (unpaired) electrons. The Morgan fingerprint density at radius 1 is 1.11 bits per heavy atom. The normalized spacial score (nSPS) is 29.0. The summed E-state index contributed by atoms with van der Waals surface area (Å²) >= 11 is 0. The number of nitrogens with two attached hydrogens (primary N) is 2. The van der Waals surface area contributed by atoms with Gasteiger partial charge in [-0.1, -0.05) is 12.1 Å². The van der Waals surface area contributed by atoms with Crippen molar-refractivity contribution in [3.05, 3.63) is 34.9 Å². The number of carbonyl (C=O) groups excluding carboxylic acids is 3. The van der Waals surface area contributed by atoms with Gasteiger partial charge in [-0.25, -0.2) is 0 Å². The van der Waals surface area contributed by atoms with Crippen molar-refractivity contribution in [2.75, 3.05) is 13.1 Å². The van der Waals surface area contributed by atoms with E-state index < -0.39 is 6.04 Å². The van der Waals surface area contributed by atoms with Crippen LogP contribution < -0.4 is 16.8 Å². The molecule has 0 spiro atoms. The minimum Gasteiger partial charge on any atom is -0.326 e. The van der Waals surface area contributed by atoms with Gasteiger partial charge >= 0.3 is 0 Å². The highest BCUT2D eigenvalue weighted by Gasteiger charge is 2.39. The van der Waals surface area contributed by atoms with Crippen LogP contribution in [0.4, 0.5) is 0 Å². The molecule has 1 aromatic carbocycles. The summed E-state index contributed by atoms with van der Waals surface area (Å²) in [5.41, 5.74) is 14.7. The molecule has 27 heavy (non-hydrogen) atoms. The van der Waals surface area contributed by atoms with E-state index in [9.17, 15) is 14.4 Å². The van der Waals surface area contributed by atoms with Crippen LogP contribution in [0.5, 0.6) is 0 Å². The van der Waals surface area contributed by atoms with Gasteiger partial charge in [-0.05, 0) is 30.0 Å². The molecule has 1 unspecified atom stereocenters. The molecule has 3 aliphatic rings. The second-order valence-corrected chi connectivity index (χ2v) is 7.84. The predicted molar refractivity (Wildman–Crippen MR) is 98.3 cm³/mol. The molecule has 0 bridgehead atoms. The first-order chi connectivity index (χ1) is 12.9. The molecule has 144 valence electrons. The fraction of sp³-hybridized carbons (Fsp3) is 0.526.